The standard InChI is InChI=1S/C24H19ClN2O3/c25-17-10-12-18(13-11-17)27-21(22(28)19-8-4-5-9-20(19)24(27)30)23(29)26-15-14-16-6-2-1-3-7-16/h1-13,28H,14-15H2,(H,26,29). The number of aromatic nitrogens is 1. The molecule has 0 aliphatic heterocycles. The summed E-state index contributed by atoms with van der Waals surface area (Å²) in [6.07, 6.45) is 0.631. The molecule has 1 aromatic heterocycles. The molecule has 150 valence electrons. The topological polar surface area (TPSA) is 71.3 Å². The summed E-state index contributed by atoms with van der Waals surface area (Å²) in [5.74, 6) is -0.765. The summed E-state index contributed by atoms with van der Waals surface area (Å²) in [5, 5.41) is 14.9. The molecule has 0 radical (unpaired) electrons. The number of hydrogen-bond acceptors (Lipinski definition) is 3. The first kappa shape index (κ1) is 19.7. The van der Waals surface area contributed by atoms with E-state index >= 15 is 0 Å². The molecule has 0 aliphatic rings. The van der Waals surface area contributed by atoms with Gasteiger partial charge in [0.25, 0.3) is 11.5 Å². The van der Waals surface area contributed by atoms with Crippen LogP contribution in [0, 0.1) is 0 Å². The zero-order valence-electron chi connectivity index (χ0n) is 16.0. The van der Waals surface area contributed by atoms with Crippen LogP contribution in [0.3, 0.4) is 0 Å². The molecule has 2 N–H and O–H groups in total. The molecule has 0 unspecified atom stereocenters. The number of amides is 1. The van der Waals surface area contributed by atoms with Gasteiger partial charge in [-0.15, -0.1) is 0 Å². The summed E-state index contributed by atoms with van der Waals surface area (Å²) in [6, 6.07) is 23.0. The highest BCUT2D eigenvalue weighted by molar-refractivity contribution is 6.30. The van der Waals surface area contributed by atoms with Crippen molar-refractivity contribution in [1.29, 1.82) is 0 Å². The molecule has 4 rings (SSSR count). The molecule has 1 heterocycles. The van der Waals surface area contributed by atoms with Crippen molar-refractivity contribution in [1.82, 2.24) is 9.88 Å². The Balaban J connectivity index is 1.78. The number of nitrogens with zero attached hydrogens (tertiary/aromatic N) is 1. The number of benzene rings is 3. The van der Waals surface area contributed by atoms with Crippen LogP contribution in [0.25, 0.3) is 16.5 Å². The van der Waals surface area contributed by atoms with Gasteiger partial charge in [0.1, 0.15) is 0 Å². The largest absolute Gasteiger partial charge is 0.505 e. The maximum atomic E-state index is 13.2. The first-order valence-corrected chi connectivity index (χ1v) is 9.89. The van der Waals surface area contributed by atoms with Crippen molar-refractivity contribution < 1.29 is 9.90 Å². The molecule has 0 saturated heterocycles. The fourth-order valence-corrected chi connectivity index (χ4v) is 3.55. The molecule has 5 nitrogen and oxygen atoms in total. The molecular weight excluding hydrogens is 400 g/mol. The Labute approximate surface area is 178 Å². The smallest absolute Gasteiger partial charge is 0.272 e. The second kappa shape index (κ2) is 8.43. The molecule has 3 aromatic carbocycles. The Morgan fingerprint density at radius 3 is 2.23 bits per heavy atom. The minimum atomic E-state index is -0.527. The second-order valence-corrected chi connectivity index (χ2v) is 7.29. The molecule has 0 atom stereocenters. The maximum Gasteiger partial charge on any atom is 0.272 e. The number of halogens is 1. The average molecular weight is 419 g/mol. The highest BCUT2D eigenvalue weighted by Crippen LogP contribution is 2.28. The molecule has 4 aromatic rings. The van der Waals surface area contributed by atoms with Crippen molar-refractivity contribution in [2.75, 3.05) is 6.54 Å². The Morgan fingerprint density at radius 1 is 0.900 bits per heavy atom. The quantitative estimate of drug-likeness (QED) is 0.507. The number of carbonyl (C=O) groups is 1. The molecule has 0 bridgehead atoms. The summed E-state index contributed by atoms with van der Waals surface area (Å²) in [7, 11) is 0. The van der Waals surface area contributed by atoms with E-state index in [0.717, 1.165) is 5.56 Å². The minimum Gasteiger partial charge on any atom is -0.505 e. The Kier molecular flexibility index (Phi) is 5.55. The third kappa shape index (κ3) is 3.80. The number of hydrogen-bond donors (Lipinski definition) is 2. The van der Waals surface area contributed by atoms with Crippen LogP contribution in [-0.2, 0) is 6.42 Å². The molecular formula is C24H19ClN2O3. The average Bonchev–Trinajstić information content (AvgIpc) is 2.77. The third-order valence-corrected chi connectivity index (χ3v) is 5.16. The van der Waals surface area contributed by atoms with E-state index in [1.807, 2.05) is 30.3 Å². The lowest BCUT2D eigenvalue weighted by atomic mass is 10.1. The molecule has 0 aliphatic carbocycles. The zero-order chi connectivity index (χ0) is 21.1. The van der Waals surface area contributed by atoms with Crippen molar-refractivity contribution in [3.63, 3.8) is 0 Å². The van der Waals surface area contributed by atoms with Gasteiger partial charge in [-0.25, -0.2) is 0 Å². The monoisotopic (exact) mass is 418 g/mol. The lowest BCUT2D eigenvalue weighted by Gasteiger charge is -2.16. The normalized spacial score (nSPS) is 10.8. The molecule has 6 heteroatoms. The lowest BCUT2D eigenvalue weighted by molar-refractivity contribution is 0.0943. The highest BCUT2D eigenvalue weighted by atomic mass is 35.5. The number of aromatic hydroxyl groups is 1. The second-order valence-electron chi connectivity index (χ2n) is 6.85. The SMILES string of the molecule is O=C(NCCc1ccccc1)c1c(O)c2ccccc2c(=O)n1-c1ccc(Cl)cc1. The maximum absolute atomic E-state index is 13.2. The first-order valence-electron chi connectivity index (χ1n) is 9.51. The molecule has 0 spiro atoms. The Morgan fingerprint density at radius 2 is 1.53 bits per heavy atom. The van der Waals surface area contributed by atoms with Crippen LogP contribution in [0.2, 0.25) is 5.02 Å². The van der Waals surface area contributed by atoms with E-state index < -0.39 is 5.91 Å². The third-order valence-electron chi connectivity index (χ3n) is 4.91. The van der Waals surface area contributed by atoms with Crippen LogP contribution in [-0.4, -0.2) is 22.1 Å². The fourth-order valence-electron chi connectivity index (χ4n) is 3.43. The van der Waals surface area contributed by atoms with E-state index in [0.29, 0.717) is 34.4 Å². The van der Waals surface area contributed by atoms with E-state index in [9.17, 15) is 14.7 Å². The number of fused-ring (bicyclic) bond motifs is 1. The van der Waals surface area contributed by atoms with Crippen molar-refractivity contribution >= 4 is 28.3 Å². The lowest BCUT2D eigenvalue weighted by Crippen LogP contribution is -2.33. The summed E-state index contributed by atoms with van der Waals surface area (Å²) < 4.78 is 1.23. The van der Waals surface area contributed by atoms with Gasteiger partial charge in [-0.1, -0.05) is 60.1 Å². The van der Waals surface area contributed by atoms with Gasteiger partial charge in [-0.05, 0) is 42.3 Å². The minimum absolute atomic E-state index is 0.103. The van der Waals surface area contributed by atoms with Gasteiger partial charge in [-0.2, -0.15) is 0 Å². The van der Waals surface area contributed by atoms with Crippen LogP contribution >= 0.6 is 11.6 Å². The van der Waals surface area contributed by atoms with Crippen LogP contribution in [0.1, 0.15) is 16.1 Å². The highest BCUT2D eigenvalue weighted by Gasteiger charge is 2.22. The van der Waals surface area contributed by atoms with Crippen molar-refractivity contribution in [2.45, 2.75) is 6.42 Å². The summed E-state index contributed by atoms with van der Waals surface area (Å²) in [5.41, 5.74) is 1.03. The zero-order valence-corrected chi connectivity index (χ0v) is 16.8. The predicted molar refractivity (Wildman–Crippen MR) is 119 cm³/mol. The van der Waals surface area contributed by atoms with Crippen LogP contribution < -0.4 is 10.9 Å². The van der Waals surface area contributed by atoms with Gasteiger partial charge < -0.3 is 10.4 Å². The fraction of sp³-hybridized carbons (Fsp3) is 0.0833. The van der Waals surface area contributed by atoms with E-state index in [1.54, 1.807) is 48.5 Å². The van der Waals surface area contributed by atoms with Gasteiger partial charge in [-0.3, -0.25) is 14.2 Å². The van der Waals surface area contributed by atoms with Gasteiger partial charge in [0.2, 0.25) is 0 Å². The van der Waals surface area contributed by atoms with Crippen LogP contribution in [0.15, 0.2) is 83.7 Å². The van der Waals surface area contributed by atoms with Crippen molar-refractivity contribution in [2.24, 2.45) is 0 Å². The van der Waals surface area contributed by atoms with E-state index in [2.05, 4.69) is 5.32 Å². The first-order chi connectivity index (χ1) is 14.6. The summed E-state index contributed by atoms with van der Waals surface area (Å²) in [6.45, 7) is 0.365. The summed E-state index contributed by atoms with van der Waals surface area (Å²) in [4.78, 5) is 26.3. The van der Waals surface area contributed by atoms with E-state index in [-0.39, 0.29) is 17.0 Å². The van der Waals surface area contributed by atoms with Crippen LogP contribution in [0.5, 0.6) is 5.75 Å². The molecule has 0 fully saturated rings. The number of rotatable bonds is 5. The Bertz CT molecular complexity index is 1270. The Hall–Kier alpha value is -3.57. The summed E-state index contributed by atoms with van der Waals surface area (Å²) >= 11 is 5.98. The molecule has 0 saturated carbocycles. The van der Waals surface area contributed by atoms with Crippen molar-refractivity contribution in [3.8, 4) is 11.4 Å². The predicted octanol–water partition coefficient (Wildman–Crippen LogP) is 4.32. The van der Waals surface area contributed by atoms with Gasteiger partial charge in [0, 0.05) is 22.6 Å². The van der Waals surface area contributed by atoms with Gasteiger partial charge >= 0.3 is 0 Å². The van der Waals surface area contributed by atoms with E-state index in [4.69, 9.17) is 11.6 Å². The van der Waals surface area contributed by atoms with E-state index in [1.165, 1.54) is 4.57 Å². The number of nitrogens with one attached hydrogen (secondary N) is 1. The molecule has 1 amide bonds. The van der Waals surface area contributed by atoms with Gasteiger partial charge in [0.05, 0.1) is 5.39 Å². The van der Waals surface area contributed by atoms with Crippen LogP contribution in [0.4, 0.5) is 0 Å². The van der Waals surface area contributed by atoms with Crippen molar-refractivity contribution in [3.05, 3.63) is 105 Å². The number of pyridine rings is 1. The van der Waals surface area contributed by atoms with Gasteiger partial charge in [0.15, 0.2) is 11.4 Å². The number of carbonyl (C=O) groups excluding carboxylic acids is 1. The molecule has 30 heavy (non-hydrogen) atoms.